The van der Waals surface area contributed by atoms with Gasteiger partial charge in [-0.05, 0) is 56.8 Å². The molecule has 32 heavy (non-hydrogen) atoms. The second-order valence-corrected chi connectivity index (χ2v) is 7.78. The summed E-state index contributed by atoms with van der Waals surface area (Å²) in [4.78, 5) is 6.99. The van der Waals surface area contributed by atoms with Gasteiger partial charge >= 0.3 is 0 Å². The van der Waals surface area contributed by atoms with E-state index in [1.807, 2.05) is 42.9 Å². The third kappa shape index (κ3) is 4.38. The van der Waals surface area contributed by atoms with Crippen LogP contribution in [-0.4, -0.2) is 40.9 Å². The highest BCUT2D eigenvalue weighted by Crippen LogP contribution is 2.38. The van der Waals surface area contributed by atoms with E-state index in [4.69, 9.17) is 18.9 Å². The van der Waals surface area contributed by atoms with Gasteiger partial charge in [0.1, 0.15) is 17.3 Å². The molecule has 0 unspecified atom stereocenters. The summed E-state index contributed by atoms with van der Waals surface area (Å²) in [5, 5.41) is 4.27. The second kappa shape index (κ2) is 9.28. The van der Waals surface area contributed by atoms with Gasteiger partial charge in [-0.3, -0.25) is 4.90 Å². The Balaban J connectivity index is 1.48. The fourth-order valence-electron chi connectivity index (χ4n) is 3.82. The van der Waals surface area contributed by atoms with Crippen LogP contribution in [-0.2, 0) is 13.1 Å². The lowest BCUT2D eigenvalue weighted by molar-refractivity contribution is 0.313. The number of methoxy groups -OCH3 is 2. The van der Waals surface area contributed by atoms with E-state index in [9.17, 15) is 0 Å². The number of rotatable bonds is 8. The number of nitrogens with zero attached hydrogens (tertiary/aromatic N) is 4. The predicted octanol–water partition coefficient (Wildman–Crippen LogP) is 4.79. The van der Waals surface area contributed by atoms with Crippen molar-refractivity contribution in [2.24, 2.45) is 0 Å². The van der Waals surface area contributed by atoms with Gasteiger partial charge in [0.2, 0.25) is 5.89 Å². The van der Waals surface area contributed by atoms with Gasteiger partial charge in [0.15, 0.2) is 0 Å². The molecule has 2 heterocycles. The third-order valence-electron chi connectivity index (χ3n) is 5.48. The molecule has 0 aliphatic heterocycles. The van der Waals surface area contributed by atoms with Crippen LogP contribution in [0.2, 0.25) is 0 Å². The minimum absolute atomic E-state index is 0.553. The van der Waals surface area contributed by atoms with Crippen LogP contribution in [0.1, 0.15) is 22.6 Å². The lowest BCUT2D eigenvalue weighted by atomic mass is 10.1. The van der Waals surface area contributed by atoms with Crippen molar-refractivity contribution in [1.29, 1.82) is 0 Å². The minimum atomic E-state index is 0.553. The Bertz CT molecular complexity index is 1180. The molecule has 2 aromatic heterocycles. The summed E-state index contributed by atoms with van der Waals surface area (Å²) in [5.74, 6) is 2.84. The summed E-state index contributed by atoms with van der Waals surface area (Å²) in [6.45, 7) is 5.38. The van der Waals surface area contributed by atoms with Crippen LogP contribution < -0.4 is 9.47 Å². The van der Waals surface area contributed by atoms with Gasteiger partial charge in [0.05, 0.1) is 31.2 Å². The van der Waals surface area contributed by atoms with E-state index in [0.29, 0.717) is 18.2 Å². The molecule has 7 heteroatoms. The van der Waals surface area contributed by atoms with Crippen LogP contribution >= 0.6 is 0 Å². The van der Waals surface area contributed by atoms with Crippen LogP contribution in [0.25, 0.3) is 17.1 Å². The molecule has 4 rings (SSSR count). The van der Waals surface area contributed by atoms with Crippen LogP contribution in [0, 0.1) is 13.8 Å². The smallest absolute Gasteiger partial charge is 0.230 e. The zero-order valence-electron chi connectivity index (χ0n) is 19.1. The first-order valence-corrected chi connectivity index (χ1v) is 10.5. The van der Waals surface area contributed by atoms with Gasteiger partial charge in [-0.15, -0.1) is 0 Å². The molecule has 0 aliphatic carbocycles. The third-order valence-corrected chi connectivity index (χ3v) is 5.48. The highest BCUT2D eigenvalue weighted by atomic mass is 16.5. The first kappa shape index (κ1) is 21.6. The Labute approximate surface area is 188 Å². The van der Waals surface area contributed by atoms with Crippen LogP contribution in [0.4, 0.5) is 0 Å². The van der Waals surface area contributed by atoms with E-state index in [2.05, 4.69) is 41.3 Å². The van der Waals surface area contributed by atoms with Crippen molar-refractivity contribution in [3.8, 4) is 28.6 Å². The summed E-state index contributed by atoms with van der Waals surface area (Å²) < 4.78 is 18.9. The molecule has 0 fully saturated rings. The summed E-state index contributed by atoms with van der Waals surface area (Å²) in [6.07, 6.45) is 3.71. The maximum Gasteiger partial charge on any atom is 0.230 e. The van der Waals surface area contributed by atoms with Crippen molar-refractivity contribution >= 4 is 0 Å². The molecule has 4 aromatic rings. The van der Waals surface area contributed by atoms with Crippen molar-refractivity contribution in [1.82, 2.24) is 19.7 Å². The molecule has 0 radical (unpaired) electrons. The Morgan fingerprint density at radius 1 is 1.00 bits per heavy atom. The van der Waals surface area contributed by atoms with Crippen molar-refractivity contribution in [2.45, 2.75) is 26.9 Å². The Morgan fingerprint density at radius 2 is 1.78 bits per heavy atom. The Morgan fingerprint density at radius 3 is 2.44 bits per heavy atom. The van der Waals surface area contributed by atoms with Crippen molar-refractivity contribution in [3.05, 3.63) is 77.4 Å². The lowest BCUT2D eigenvalue weighted by Crippen LogP contribution is -2.18. The maximum absolute atomic E-state index is 6.01. The van der Waals surface area contributed by atoms with Crippen molar-refractivity contribution in [2.75, 3.05) is 21.3 Å². The highest BCUT2D eigenvalue weighted by molar-refractivity contribution is 5.68. The Kier molecular flexibility index (Phi) is 6.28. The maximum atomic E-state index is 6.01. The van der Waals surface area contributed by atoms with Gasteiger partial charge in [0.25, 0.3) is 0 Å². The van der Waals surface area contributed by atoms with Crippen LogP contribution in [0.3, 0.4) is 0 Å². The lowest BCUT2D eigenvalue weighted by Gasteiger charge is -2.16. The molecular weight excluding hydrogens is 404 g/mol. The normalized spacial score (nSPS) is 11.2. The molecule has 2 aromatic carbocycles. The van der Waals surface area contributed by atoms with E-state index in [1.165, 1.54) is 5.56 Å². The molecule has 0 spiro atoms. The van der Waals surface area contributed by atoms with Crippen molar-refractivity contribution in [3.63, 3.8) is 0 Å². The molecule has 0 saturated heterocycles. The van der Waals surface area contributed by atoms with E-state index in [1.54, 1.807) is 20.4 Å². The fourth-order valence-corrected chi connectivity index (χ4v) is 3.82. The Hall–Kier alpha value is -3.58. The summed E-state index contributed by atoms with van der Waals surface area (Å²) >= 11 is 0. The molecule has 0 amide bonds. The molecule has 0 aliphatic rings. The second-order valence-electron chi connectivity index (χ2n) is 7.78. The molecule has 166 valence electrons. The number of benzene rings is 2. The van der Waals surface area contributed by atoms with Gasteiger partial charge < -0.3 is 13.9 Å². The van der Waals surface area contributed by atoms with Gasteiger partial charge in [-0.2, -0.15) is 5.10 Å². The van der Waals surface area contributed by atoms with E-state index < -0.39 is 0 Å². The average molecular weight is 433 g/mol. The molecule has 7 nitrogen and oxygen atoms in total. The number of aryl methyl sites for hydroxylation is 1. The van der Waals surface area contributed by atoms with Gasteiger partial charge in [-0.1, -0.05) is 12.1 Å². The zero-order chi connectivity index (χ0) is 22.7. The zero-order valence-corrected chi connectivity index (χ0v) is 19.1. The monoisotopic (exact) mass is 432 g/mol. The highest BCUT2D eigenvalue weighted by Gasteiger charge is 2.19. The summed E-state index contributed by atoms with van der Waals surface area (Å²) in [5.41, 5.74) is 4.91. The van der Waals surface area contributed by atoms with Gasteiger partial charge in [0, 0.05) is 31.0 Å². The molecule has 0 atom stereocenters. The van der Waals surface area contributed by atoms with E-state index in [-0.39, 0.29) is 0 Å². The van der Waals surface area contributed by atoms with E-state index in [0.717, 1.165) is 40.6 Å². The molecule has 0 N–H and O–H groups in total. The number of ether oxygens (including phenoxy) is 2. The summed E-state index contributed by atoms with van der Waals surface area (Å²) in [6, 6.07) is 14.1. The number of hydrogen-bond acceptors (Lipinski definition) is 6. The summed E-state index contributed by atoms with van der Waals surface area (Å²) in [7, 11) is 5.37. The topological polar surface area (TPSA) is 65.5 Å². The number of oxazole rings is 1. The standard InChI is InChI=1S/C25H28N4O3/c1-17-23(30-4)12-11-21(24(17)31-5)25-27-22(18(2)32-25)16-28(3)15-19-7-9-20(10-8-19)29-14-6-13-26-29/h6-14H,15-16H2,1-5H3. The average Bonchev–Trinajstić information content (AvgIpc) is 3.44. The SMILES string of the molecule is COc1ccc(-c2nc(CN(C)Cc3ccc(-n4cccn4)cc3)c(C)o2)c(OC)c1C. The minimum Gasteiger partial charge on any atom is -0.496 e. The first-order chi connectivity index (χ1) is 15.5. The van der Waals surface area contributed by atoms with Crippen molar-refractivity contribution < 1.29 is 13.9 Å². The molecule has 0 saturated carbocycles. The first-order valence-electron chi connectivity index (χ1n) is 10.5. The van der Waals surface area contributed by atoms with Crippen LogP contribution in [0.5, 0.6) is 11.5 Å². The van der Waals surface area contributed by atoms with E-state index >= 15 is 0 Å². The van der Waals surface area contributed by atoms with Gasteiger partial charge in [-0.25, -0.2) is 9.67 Å². The fraction of sp³-hybridized carbons (Fsp3) is 0.280. The largest absolute Gasteiger partial charge is 0.496 e. The predicted molar refractivity (Wildman–Crippen MR) is 123 cm³/mol. The quantitative estimate of drug-likeness (QED) is 0.399. The number of aromatic nitrogens is 3. The number of hydrogen-bond donors (Lipinski definition) is 0. The van der Waals surface area contributed by atoms with Crippen LogP contribution in [0.15, 0.2) is 59.3 Å². The molecule has 0 bridgehead atoms. The molecular formula is C25H28N4O3.